The maximum atomic E-state index is 12.4. The van der Waals surface area contributed by atoms with E-state index in [-0.39, 0.29) is 12.3 Å². The van der Waals surface area contributed by atoms with E-state index in [9.17, 15) is 9.59 Å². The zero-order valence-electron chi connectivity index (χ0n) is 12.4. The van der Waals surface area contributed by atoms with Crippen LogP contribution in [-0.4, -0.2) is 31.0 Å². The van der Waals surface area contributed by atoms with Crippen molar-refractivity contribution in [3.8, 4) is 11.5 Å². The number of aromatic nitrogens is 1. The Hall–Kier alpha value is -1.88. The summed E-state index contributed by atoms with van der Waals surface area (Å²) < 4.78 is 11.1. The molecule has 0 atom stereocenters. The molecule has 1 heterocycles. The number of carbonyl (C=O) groups is 2. The van der Waals surface area contributed by atoms with Crippen molar-refractivity contribution in [3.05, 3.63) is 32.3 Å². The van der Waals surface area contributed by atoms with E-state index in [1.807, 2.05) is 22.6 Å². The van der Waals surface area contributed by atoms with Gasteiger partial charge in [0.2, 0.25) is 5.91 Å². The summed E-state index contributed by atoms with van der Waals surface area (Å²) >= 11 is 3.28. The molecule has 0 unspecified atom stereocenters. The van der Waals surface area contributed by atoms with Crippen molar-refractivity contribution in [2.24, 2.45) is 5.73 Å². The Kier molecular flexibility index (Phi) is 5.77. The van der Waals surface area contributed by atoms with Crippen LogP contribution in [0.2, 0.25) is 0 Å². The maximum absolute atomic E-state index is 12.4. The molecule has 0 saturated heterocycles. The Balaban J connectivity index is 2.20. The minimum Gasteiger partial charge on any atom is -0.493 e. The van der Waals surface area contributed by atoms with Gasteiger partial charge in [-0.3, -0.25) is 14.9 Å². The average Bonchev–Trinajstić information content (AvgIpc) is 2.92. The van der Waals surface area contributed by atoms with Gasteiger partial charge in [-0.2, -0.15) is 0 Å². The molecule has 0 aliphatic rings. The first-order valence-corrected chi connectivity index (χ1v) is 8.36. The van der Waals surface area contributed by atoms with E-state index >= 15 is 0 Å². The lowest BCUT2D eigenvalue weighted by atomic mass is 10.2. The number of primary amides is 1. The molecule has 1 aromatic carbocycles. The van der Waals surface area contributed by atoms with Crippen LogP contribution in [0.5, 0.6) is 11.5 Å². The summed E-state index contributed by atoms with van der Waals surface area (Å²) in [4.78, 5) is 27.4. The largest absolute Gasteiger partial charge is 0.493 e. The lowest BCUT2D eigenvalue weighted by molar-refractivity contribution is -0.117. The molecular weight excluding hydrogens is 433 g/mol. The van der Waals surface area contributed by atoms with Gasteiger partial charge in [0.25, 0.3) is 5.91 Å². The molecule has 122 valence electrons. The number of nitrogens with two attached hydrogens (primary N) is 1. The molecule has 2 amide bonds. The van der Waals surface area contributed by atoms with Crippen molar-refractivity contribution >= 4 is 50.9 Å². The fourth-order valence-corrected chi connectivity index (χ4v) is 3.21. The van der Waals surface area contributed by atoms with Gasteiger partial charge < -0.3 is 15.2 Å². The number of thiazole rings is 1. The fraction of sp³-hybridized carbons (Fsp3) is 0.214. The number of ether oxygens (including phenoxy) is 2. The smallest absolute Gasteiger partial charge is 0.258 e. The van der Waals surface area contributed by atoms with Crippen LogP contribution in [-0.2, 0) is 11.2 Å². The number of anilines is 1. The van der Waals surface area contributed by atoms with E-state index in [0.717, 1.165) is 0 Å². The highest BCUT2D eigenvalue weighted by molar-refractivity contribution is 14.1. The summed E-state index contributed by atoms with van der Waals surface area (Å²) in [5.41, 5.74) is 6.08. The second-order valence-corrected chi connectivity index (χ2v) is 6.45. The van der Waals surface area contributed by atoms with E-state index < -0.39 is 5.91 Å². The van der Waals surface area contributed by atoms with Crippen molar-refractivity contribution in [1.82, 2.24) is 4.98 Å². The Labute approximate surface area is 150 Å². The average molecular weight is 447 g/mol. The van der Waals surface area contributed by atoms with Crippen LogP contribution in [0, 0.1) is 3.57 Å². The zero-order valence-corrected chi connectivity index (χ0v) is 15.4. The molecule has 2 rings (SSSR count). The van der Waals surface area contributed by atoms with E-state index in [4.69, 9.17) is 15.2 Å². The first kappa shape index (κ1) is 17.5. The predicted octanol–water partition coefficient (Wildman–Crippen LogP) is 2.04. The molecule has 3 N–H and O–H groups in total. The van der Waals surface area contributed by atoms with Crippen LogP contribution < -0.4 is 20.5 Å². The number of amides is 2. The van der Waals surface area contributed by atoms with Crippen LogP contribution in [0.3, 0.4) is 0 Å². The van der Waals surface area contributed by atoms with E-state index in [1.54, 1.807) is 17.5 Å². The van der Waals surface area contributed by atoms with Gasteiger partial charge in [0, 0.05) is 8.95 Å². The van der Waals surface area contributed by atoms with E-state index in [2.05, 4.69) is 10.3 Å². The zero-order chi connectivity index (χ0) is 17.0. The number of nitrogens with one attached hydrogen (secondary N) is 1. The third-order valence-corrected chi connectivity index (χ3v) is 4.54. The predicted molar refractivity (Wildman–Crippen MR) is 95.2 cm³/mol. The summed E-state index contributed by atoms with van der Waals surface area (Å²) in [6.45, 7) is 0. The lowest BCUT2D eigenvalue weighted by Gasteiger charge is -2.11. The molecule has 0 spiro atoms. The topological polar surface area (TPSA) is 104 Å². The Morgan fingerprint density at radius 3 is 2.57 bits per heavy atom. The number of rotatable bonds is 6. The Morgan fingerprint density at radius 2 is 1.96 bits per heavy atom. The van der Waals surface area contributed by atoms with Crippen molar-refractivity contribution < 1.29 is 19.1 Å². The normalized spacial score (nSPS) is 10.2. The minimum absolute atomic E-state index is 0.0419. The Morgan fingerprint density at radius 1 is 1.30 bits per heavy atom. The van der Waals surface area contributed by atoms with Gasteiger partial charge in [-0.05, 0) is 34.7 Å². The fourth-order valence-electron chi connectivity index (χ4n) is 1.82. The number of benzene rings is 1. The summed E-state index contributed by atoms with van der Waals surface area (Å²) in [5, 5.41) is 4.78. The van der Waals surface area contributed by atoms with Crippen LogP contribution in [0.4, 0.5) is 5.13 Å². The van der Waals surface area contributed by atoms with Gasteiger partial charge >= 0.3 is 0 Å². The van der Waals surface area contributed by atoms with E-state index in [0.29, 0.717) is 31.5 Å². The van der Waals surface area contributed by atoms with Crippen molar-refractivity contribution in [2.45, 2.75) is 6.42 Å². The van der Waals surface area contributed by atoms with Crippen molar-refractivity contribution in [3.63, 3.8) is 0 Å². The second kappa shape index (κ2) is 7.59. The number of methoxy groups -OCH3 is 2. The van der Waals surface area contributed by atoms with Crippen molar-refractivity contribution in [1.29, 1.82) is 0 Å². The monoisotopic (exact) mass is 447 g/mol. The first-order valence-electron chi connectivity index (χ1n) is 6.40. The van der Waals surface area contributed by atoms with Gasteiger partial charge in [0.05, 0.1) is 31.9 Å². The highest BCUT2D eigenvalue weighted by atomic mass is 127. The van der Waals surface area contributed by atoms with E-state index in [1.165, 1.54) is 25.6 Å². The lowest BCUT2D eigenvalue weighted by Crippen LogP contribution is -2.15. The SMILES string of the molecule is COc1cc(I)c(C(=O)Nc2nc(CC(N)=O)cs2)cc1OC. The van der Waals surface area contributed by atoms with Crippen LogP contribution in [0.25, 0.3) is 0 Å². The number of carbonyl (C=O) groups excluding carboxylic acids is 2. The van der Waals surface area contributed by atoms with Gasteiger partial charge in [-0.25, -0.2) is 4.98 Å². The summed E-state index contributed by atoms with van der Waals surface area (Å²) in [6.07, 6.45) is 0.0419. The third-order valence-electron chi connectivity index (χ3n) is 2.85. The number of hydrogen-bond acceptors (Lipinski definition) is 6. The van der Waals surface area contributed by atoms with Crippen LogP contribution in [0.15, 0.2) is 17.5 Å². The molecule has 0 bridgehead atoms. The molecule has 23 heavy (non-hydrogen) atoms. The maximum Gasteiger partial charge on any atom is 0.258 e. The molecule has 9 heteroatoms. The number of halogens is 1. The van der Waals surface area contributed by atoms with Gasteiger partial charge in [-0.15, -0.1) is 11.3 Å². The van der Waals surface area contributed by atoms with Crippen LogP contribution in [0.1, 0.15) is 16.1 Å². The molecule has 7 nitrogen and oxygen atoms in total. The highest BCUT2D eigenvalue weighted by Gasteiger charge is 2.17. The van der Waals surface area contributed by atoms with Crippen LogP contribution >= 0.6 is 33.9 Å². The third kappa shape index (κ3) is 4.32. The summed E-state index contributed by atoms with van der Waals surface area (Å²) in [6, 6.07) is 3.32. The minimum atomic E-state index is -0.470. The summed E-state index contributed by atoms with van der Waals surface area (Å²) in [5.74, 6) is 0.219. The molecule has 2 aromatic rings. The first-order chi connectivity index (χ1) is 10.9. The highest BCUT2D eigenvalue weighted by Crippen LogP contribution is 2.31. The van der Waals surface area contributed by atoms with Gasteiger partial charge in [0.15, 0.2) is 16.6 Å². The van der Waals surface area contributed by atoms with Crippen molar-refractivity contribution in [2.75, 3.05) is 19.5 Å². The summed E-state index contributed by atoms with van der Waals surface area (Å²) in [7, 11) is 3.03. The molecule has 0 saturated carbocycles. The second-order valence-electron chi connectivity index (χ2n) is 4.43. The standard InChI is InChI=1S/C14H14IN3O4S/c1-21-10-4-8(9(15)5-11(10)22-2)13(20)18-14-17-7(6-23-14)3-12(16)19/h4-6H,3H2,1-2H3,(H2,16,19)(H,17,18,20). The van der Waals surface area contributed by atoms with Gasteiger partial charge in [0.1, 0.15) is 0 Å². The number of hydrogen-bond donors (Lipinski definition) is 2. The molecule has 0 radical (unpaired) electrons. The van der Waals surface area contributed by atoms with Gasteiger partial charge in [-0.1, -0.05) is 0 Å². The molecular formula is C14H14IN3O4S. The molecule has 1 aromatic heterocycles. The quantitative estimate of drug-likeness (QED) is 0.660. The molecule has 0 fully saturated rings. The molecule has 0 aliphatic heterocycles. The molecule has 0 aliphatic carbocycles. The number of nitrogens with zero attached hydrogens (tertiary/aromatic N) is 1. The Bertz CT molecular complexity index is 748.